The largest absolute Gasteiger partial charge is 0.481 e. The first kappa shape index (κ1) is 34.1. The van der Waals surface area contributed by atoms with E-state index in [4.69, 9.17) is 73.8 Å². The Morgan fingerprint density at radius 3 is 1.46 bits per heavy atom. The molecule has 13 heteroatoms. The zero-order valence-electron chi connectivity index (χ0n) is 18.8. The predicted octanol–water partition coefficient (Wildman–Crippen LogP) is 5.24. The van der Waals surface area contributed by atoms with Gasteiger partial charge in [0.25, 0.3) is 0 Å². The zero-order chi connectivity index (χ0) is 26.8. The normalized spacial score (nSPS) is 10.9. The zero-order valence-corrected chi connectivity index (χ0v) is 23.4. The highest BCUT2D eigenvalue weighted by Crippen LogP contribution is 2.25. The summed E-state index contributed by atoms with van der Waals surface area (Å²) in [5.41, 5.74) is 17.8. The van der Waals surface area contributed by atoms with E-state index in [2.05, 4.69) is 0 Å². The van der Waals surface area contributed by atoms with Crippen molar-refractivity contribution in [1.29, 1.82) is 0 Å². The van der Waals surface area contributed by atoms with Gasteiger partial charge in [0.15, 0.2) is 0 Å². The minimum Gasteiger partial charge on any atom is -0.481 e. The molecule has 0 heterocycles. The van der Waals surface area contributed by atoms with E-state index in [0.29, 0.717) is 23.1 Å². The van der Waals surface area contributed by atoms with Crippen molar-refractivity contribution in [2.75, 3.05) is 24.6 Å². The number of carbonyl (C=O) groups is 2. The van der Waals surface area contributed by atoms with Crippen molar-refractivity contribution in [2.24, 2.45) is 17.2 Å². The minimum atomic E-state index is -1.29. The van der Waals surface area contributed by atoms with E-state index in [1.165, 1.54) is 0 Å². The second-order valence-electron chi connectivity index (χ2n) is 6.70. The molecule has 0 aliphatic carbocycles. The first-order valence-electron chi connectivity index (χ1n) is 10.1. The Balaban J connectivity index is 0.000000506. The molecule has 2 aromatic carbocycles. The van der Waals surface area contributed by atoms with Crippen LogP contribution in [0.25, 0.3) is 0 Å². The summed E-state index contributed by atoms with van der Waals surface area (Å²) in [6, 6.07) is 9.85. The molecule has 0 amide bonds. The standard InChI is InChI=1S/2C9H11Cl2NS.C4H7NO4/c2*10-8-2-1-7(9(11)5-8)6-13-4-3-12;5-2(4(8)9)1-3(6)7/h2*1-2,5H,3-4,6,12H2;2H,1,5H2,(H,6,7)(H,8,9)/t;;2-/m..0/s1. The van der Waals surface area contributed by atoms with Crippen LogP contribution in [0.3, 0.4) is 0 Å². The Labute approximate surface area is 234 Å². The van der Waals surface area contributed by atoms with Crippen molar-refractivity contribution < 1.29 is 19.8 Å². The highest BCUT2D eigenvalue weighted by molar-refractivity contribution is 7.98. The van der Waals surface area contributed by atoms with Gasteiger partial charge in [-0.2, -0.15) is 23.5 Å². The fourth-order valence-electron chi connectivity index (χ4n) is 2.08. The molecule has 7 nitrogen and oxygen atoms in total. The molecule has 0 bridgehead atoms. The van der Waals surface area contributed by atoms with E-state index in [1.807, 2.05) is 24.3 Å². The van der Waals surface area contributed by atoms with Gasteiger partial charge in [-0.25, -0.2) is 0 Å². The lowest BCUT2D eigenvalue weighted by Gasteiger charge is -2.03. The first-order valence-corrected chi connectivity index (χ1v) is 14.0. The molecule has 0 unspecified atom stereocenters. The second-order valence-corrected chi connectivity index (χ2v) is 10.6. The van der Waals surface area contributed by atoms with Crippen LogP contribution in [0.1, 0.15) is 17.5 Å². The number of halogens is 4. The predicted molar refractivity (Wildman–Crippen MR) is 151 cm³/mol. The third-order valence-corrected chi connectivity index (χ3v) is 7.03. The summed E-state index contributed by atoms with van der Waals surface area (Å²) in [4.78, 5) is 19.6. The van der Waals surface area contributed by atoms with Gasteiger partial charge in [0, 0.05) is 56.2 Å². The van der Waals surface area contributed by atoms with Crippen molar-refractivity contribution in [3.8, 4) is 0 Å². The van der Waals surface area contributed by atoms with Gasteiger partial charge >= 0.3 is 11.9 Å². The average molecular weight is 605 g/mol. The van der Waals surface area contributed by atoms with Crippen LogP contribution in [0.2, 0.25) is 20.1 Å². The van der Waals surface area contributed by atoms with Crippen molar-refractivity contribution in [3.05, 3.63) is 67.6 Å². The van der Waals surface area contributed by atoms with Gasteiger partial charge < -0.3 is 27.4 Å². The Kier molecular flexibility index (Phi) is 19.7. The highest BCUT2D eigenvalue weighted by atomic mass is 35.5. The number of hydrogen-bond acceptors (Lipinski definition) is 7. The van der Waals surface area contributed by atoms with Gasteiger partial charge in [-0.3, -0.25) is 9.59 Å². The number of aliphatic carboxylic acids is 2. The molecule has 1 atom stereocenters. The van der Waals surface area contributed by atoms with E-state index in [-0.39, 0.29) is 0 Å². The van der Waals surface area contributed by atoms with Crippen molar-refractivity contribution in [2.45, 2.75) is 24.0 Å². The molecule has 0 radical (unpaired) electrons. The second kappa shape index (κ2) is 20.2. The number of carboxylic acid groups (broad SMARTS) is 2. The summed E-state index contributed by atoms with van der Waals surface area (Å²) in [5.74, 6) is 1.21. The molecule has 0 spiro atoms. The molecule has 0 fully saturated rings. The Morgan fingerprint density at radius 1 is 0.800 bits per heavy atom. The fraction of sp³-hybridized carbons (Fsp3) is 0.364. The topological polar surface area (TPSA) is 153 Å². The van der Waals surface area contributed by atoms with E-state index < -0.39 is 24.4 Å². The minimum absolute atomic E-state index is 0.532. The average Bonchev–Trinajstić information content (AvgIpc) is 2.77. The highest BCUT2D eigenvalue weighted by Gasteiger charge is 2.14. The van der Waals surface area contributed by atoms with Crippen molar-refractivity contribution >= 4 is 81.9 Å². The lowest BCUT2D eigenvalue weighted by Crippen LogP contribution is -2.32. The SMILES string of the molecule is NCCSCc1ccc(Cl)cc1Cl.NCCSCc1ccc(Cl)cc1Cl.N[C@@H](CC(=O)O)C(=O)O. The number of benzene rings is 2. The van der Waals surface area contributed by atoms with Crippen LogP contribution in [-0.4, -0.2) is 52.8 Å². The van der Waals surface area contributed by atoms with Crippen molar-refractivity contribution in [1.82, 2.24) is 0 Å². The molecular formula is C22H29Cl4N3O4S2. The molecule has 196 valence electrons. The van der Waals surface area contributed by atoms with Crippen LogP contribution in [0.4, 0.5) is 0 Å². The van der Waals surface area contributed by atoms with Crippen LogP contribution < -0.4 is 17.2 Å². The van der Waals surface area contributed by atoms with Gasteiger partial charge in [0.2, 0.25) is 0 Å². The van der Waals surface area contributed by atoms with Gasteiger partial charge in [-0.15, -0.1) is 0 Å². The summed E-state index contributed by atoms with van der Waals surface area (Å²) in [6.07, 6.45) is -0.532. The van der Waals surface area contributed by atoms with Crippen LogP contribution in [0, 0.1) is 0 Å². The van der Waals surface area contributed by atoms with E-state index in [9.17, 15) is 9.59 Å². The summed E-state index contributed by atoms with van der Waals surface area (Å²) in [7, 11) is 0. The summed E-state index contributed by atoms with van der Waals surface area (Å²) < 4.78 is 0. The number of thioether (sulfide) groups is 2. The third-order valence-electron chi connectivity index (χ3n) is 3.78. The van der Waals surface area contributed by atoms with Crippen molar-refractivity contribution in [3.63, 3.8) is 0 Å². The number of rotatable bonds is 11. The first-order chi connectivity index (χ1) is 16.5. The Bertz CT molecular complexity index is 869. The Morgan fingerprint density at radius 2 is 1.20 bits per heavy atom. The molecule has 0 aromatic heterocycles. The summed E-state index contributed by atoms with van der Waals surface area (Å²) in [5, 5.41) is 18.9. The molecule has 0 saturated carbocycles. The molecule has 0 aliphatic heterocycles. The maximum Gasteiger partial charge on any atom is 0.321 e. The summed E-state index contributed by atoms with van der Waals surface area (Å²) in [6.45, 7) is 1.41. The molecule has 2 rings (SSSR count). The summed E-state index contributed by atoms with van der Waals surface area (Å²) >= 11 is 27.0. The molecule has 35 heavy (non-hydrogen) atoms. The molecular weight excluding hydrogens is 576 g/mol. The number of nitrogens with two attached hydrogens (primary N) is 3. The van der Waals surface area contributed by atoms with Crippen LogP contribution in [-0.2, 0) is 21.1 Å². The molecule has 0 aliphatic rings. The van der Waals surface area contributed by atoms with Crippen LogP contribution in [0.15, 0.2) is 36.4 Å². The Hall–Kier alpha value is -0.880. The van der Waals surface area contributed by atoms with E-state index >= 15 is 0 Å². The van der Waals surface area contributed by atoms with E-state index in [1.54, 1.807) is 35.7 Å². The lowest BCUT2D eigenvalue weighted by atomic mass is 10.2. The number of hydrogen-bond donors (Lipinski definition) is 5. The molecule has 2 aromatic rings. The third kappa shape index (κ3) is 17.3. The van der Waals surface area contributed by atoms with Gasteiger partial charge in [-0.05, 0) is 35.4 Å². The lowest BCUT2D eigenvalue weighted by molar-refractivity contribution is -0.144. The van der Waals surface area contributed by atoms with Crippen LogP contribution in [0.5, 0.6) is 0 Å². The fourth-order valence-corrected chi connectivity index (χ4v) is 4.76. The quantitative estimate of drug-likeness (QED) is 0.217. The smallest absolute Gasteiger partial charge is 0.321 e. The maximum absolute atomic E-state index is 9.85. The monoisotopic (exact) mass is 603 g/mol. The molecule has 0 saturated heterocycles. The van der Waals surface area contributed by atoms with Gasteiger partial charge in [0.1, 0.15) is 6.04 Å². The van der Waals surface area contributed by atoms with Gasteiger partial charge in [-0.1, -0.05) is 58.5 Å². The molecule has 8 N–H and O–H groups in total. The van der Waals surface area contributed by atoms with Crippen LogP contribution >= 0.6 is 69.9 Å². The maximum atomic E-state index is 9.85. The number of carboxylic acids is 2. The van der Waals surface area contributed by atoms with E-state index in [0.717, 1.165) is 44.2 Å². The van der Waals surface area contributed by atoms with Gasteiger partial charge in [0.05, 0.1) is 6.42 Å².